The summed E-state index contributed by atoms with van der Waals surface area (Å²) in [5.74, 6) is 0. The maximum atomic E-state index is 5.88. The molecule has 2 atom stereocenters. The average molecular weight is 274 g/mol. The zero-order valence-corrected chi connectivity index (χ0v) is 12.7. The summed E-state index contributed by atoms with van der Waals surface area (Å²) in [4.78, 5) is 3.76. The van der Waals surface area contributed by atoms with E-state index < -0.39 is 0 Å². The molecule has 1 aromatic carbocycles. The van der Waals surface area contributed by atoms with Gasteiger partial charge in [0.15, 0.2) is 0 Å². The van der Waals surface area contributed by atoms with Crippen molar-refractivity contribution in [2.24, 2.45) is 5.73 Å². The number of hydrogen-bond donors (Lipinski definition) is 1. The van der Waals surface area contributed by atoms with Gasteiger partial charge in [-0.2, -0.15) is 0 Å². The number of nitrogens with two attached hydrogens (primary N) is 1. The Morgan fingerprint density at radius 2 is 1.84 bits per heavy atom. The lowest BCUT2D eigenvalue weighted by atomic mass is 10.1. The van der Waals surface area contributed by atoms with E-state index in [9.17, 15) is 0 Å². The topological polar surface area (TPSA) is 29.3 Å². The fourth-order valence-electron chi connectivity index (χ4n) is 2.12. The van der Waals surface area contributed by atoms with Gasteiger partial charge in [0.25, 0.3) is 0 Å². The molecule has 0 saturated heterocycles. The van der Waals surface area contributed by atoms with Crippen LogP contribution in [-0.4, -0.2) is 13.1 Å². The molecule has 19 heavy (non-hydrogen) atoms. The van der Waals surface area contributed by atoms with Crippen LogP contribution in [0.15, 0.2) is 41.8 Å². The molecule has 0 amide bonds. The smallest absolute Gasteiger partial charge is 0.0366 e. The maximum absolute atomic E-state index is 5.88. The summed E-state index contributed by atoms with van der Waals surface area (Å²) in [7, 11) is 2.15. The molecule has 0 fully saturated rings. The van der Waals surface area contributed by atoms with E-state index in [1.54, 1.807) is 0 Å². The van der Waals surface area contributed by atoms with E-state index in [1.165, 1.54) is 16.1 Å². The maximum Gasteiger partial charge on any atom is 0.0366 e. The summed E-state index contributed by atoms with van der Waals surface area (Å²) in [5, 5.41) is 2.14. The van der Waals surface area contributed by atoms with Gasteiger partial charge in [0.2, 0.25) is 0 Å². The minimum absolute atomic E-state index is 0.0999. The third-order valence-corrected chi connectivity index (χ3v) is 4.46. The first-order valence-electron chi connectivity index (χ1n) is 6.68. The predicted octanol–water partition coefficient (Wildman–Crippen LogP) is 3.84. The Labute approximate surface area is 119 Å². The Balaban J connectivity index is 2.04. The zero-order valence-electron chi connectivity index (χ0n) is 11.8. The van der Waals surface area contributed by atoms with Gasteiger partial charge < -0.3 is 10.6 Å². The van der Waals surface area contributed by atoms with E-state index in [2.05, 4.69) is 60.6 Å². The van der Waals surface area contributed by atoms with E-state index in [-0.39, 0.29) is 6.04 Å². The number of anilines is 1. The van der Waals surface area contributed by atoms with Gasteiger partial charge in [-0.05, 0) is 43.0 Å². The molecule has 0 aliphatic carbocycles. The van der Waals surface area contributed by atoms with Crippen molar-refractivity contribution in [1.29, 1.82) is 0 Å². The van der Waals surface area contributed by atoms with E-state index in [4.69, 9.17) is 5.73 Å². The van der Waals surface area contributed by atoms with Crippen LogP contribution in [0.2, 0.25) is 0 Å². The number of benzene rings is 1. The number of hydrogen-bond acceptors (Lipinski definition) is 3. The molecule has 2 rings (SSSR count). The first-order chi connectivity index (χ1) is 9.08. The highest BCUT2D eigenvalue weighted by Crippen LogP contribution is 2.21. The van der Waals surface area contributed by atoms with Crippen LogP contribution in [0.5, 0.6) is 0 Å². The molecule has 0 radical (unpaired) electrons. The second-order valence-electron chi connectivity index (χ2n) is 5.12. The summed E-state index contributed by atoms with van der Waals surface area (Å²) in [6, 6.07) is 13.5. The largest absolute Gasteiger partial charge is 0.372 e. The van der Waals surface area contributed by atoms with Crippen LogP contribution in [0.3, 0.4) is 0 Å². The molecule has 2 nitrogen and oxygen atoms in total. The van der Waals surface area contributed by atoms with Crippen LogP contribution in [0.4, 0.5) is 5.69 Å². The van der Waals surface area contributed by atoms with Crippen LogP contribution in [-0.2, 0) is 6.42 Å². The molecule has 0 spiro atoms. The molecular formula is C16H22N2S. The van der Waals surface area contributed by atoms with Gasteiger partial charge in [0.05, 0.1) is 0 Å². The van der Waals surface area contributed by atoms with Gasteiger partial charge in [0, 0.05) is 36.1 Å². The second kappa shape index (κ2) is 6.22. The standard InChI is InChI=1S/C16H22N2S/c1-12(11-16-5-4-10-19-16)18(3)15-8-6-14(7-9-15)13(2)17/h4-10,12-13H,11,17H2,1-3H3/t12?,13-/m1/s1. The molecule has 102 valence electrons. The summed E-state index contributed by atoms with van der Waals surface area (Å²) < 4.78 is 0. The number of rotatable bonds is 5. The van der Waals surface area contributed by atoms with E-state index in [0.29, 0.717) is 6.04 Å². The number of nitrogens with zero attached hydrogens (tertiary/aromatic N) is 1. The normalized spacial score (nSPS) is 14.1. The van der Waals surface area contributed by atoms with Crippen molar-refractivity contribution < 1.29 is 0 Å². The SMILES string of the molecule is CC(Cc1cccs1)N(C)c1ccc([C@@H](C)N)cc1. The summed E-state index contributed by atoms with van der Waals surface area (Å²) in [5.41, 5.74) is 8.31. The highest BCUT2D eigenvalue weighted by Gasteiger charge is 2.11. The van der Waals surface area contributed by atoms with Gasteiger partial charge in [-0.25, -0.2) is 0 Å². The van der Waals surface area contributed by atoms with Gasteiger partial charge in [0.1, 0.15) is 0 Å². The van der Waals surface area contributed by atoms with Crippen LogP contribution < -0.4 is 10.6 Å². The average Bonchev–Trinajstić information content (AvgIpc) is 2.90. The van der Waals surface area contributed by atoms with Crippen LogP contribution in [0.25, 0.3) is 0 Å². The van der Waals surface area contributed by atoms with E-state index >= 15 is 0 Å². The Bertz CT molecular complexity index is 488. The Morgan fingerprint density at radius 1 is 1.16 bits per heavy atom. The van der Waals surface area contributed by atoms with Crippen molar-refractivity contribution >= 4 is 17.0 Å². The second-order valence-corrected chi connectivity index (χ2v) is 6.16. The van der Waals surface area contributed by atoms with Crippen molar-refractivity contribution in [1.82, 2.24) is 0 Å². The van der Waals surface area contributed by atoms with Crippen LogP contribution >= 0.6 is 11.3 Å². The molecule has 2 aromatic rings. The minimum Gasteiger partial charge on any atom is -0.372 e. The Morgan fingerprint density at radius 3 is 2.37 bits per heavy atom. The summed E-state index contributed by atoms with van der Waals surface area (Å²) in [6.45, 7) is 4.28. The lowest BCUT2D eigenvalue weighted by Gasteiger charge is -2.27. The molecule has 1 aromatic heterocycles. The van der Waals surface area contributed by atoms with Crippen molar-refractivity contribution in [3.63, 3.8) is 0 Å². The van der Waals surface area contributed by atoms with Gasteiger partial charge in [-0.1, -0.05) is 18.2 Å². The van der Waals surface area contributed by atoms with E-state index in [1.807, 2.05) is 18.3 Å². The highest BCUT2D eigenvalue weighted by atomic mass is 32.1. The van der Waals surface area contributed by atoms with Gasteiger partial charge in [-0.3, -0.25) is 0 Å². The number of thiophene rings is 1. The van der Waals surface area contributed by atoms with Crippen molar-refractivity contribution in [2.75, 3.05) is 11.9 Å². The fraction of sp³-hybridized carbons (Fsp3) is 0.375. The summed E-state index contributed by atoms with van der Waals surface area (Å²) >= 11 is 1.83. The first kappa shape index (κ1) is 14.1. The first-order valence-corrected chi connectivity index (χ1v) is 7.56. The van der Waals surface area contributed by atoms with Crippen LogP contribution in [0, 0.1) is 0 Å². The molecule has 0 aliphatic rings. The lowest BCUT2D eigenvalue weighted by molar-refractivity contribution is 0.688. The third kappa shape index (κ3) is 3.58. The molecule has 0 bridgehead atoms. The Hall–Kier alpha value is -1.32. The molecule has 1 heterocycles. The minimum atomic E-state index is 0.0999. The number of likely N-dealkylation sites (N-methyl/N-ethyl adjacent to an activating group) is 1. The molecule has 0 aliphatic heterocycles. The van der Waals surface area contributed by atoms with E-state index in [0.717, 1.165) is 6.42 Å². The highest BCUT2D eigenvalue weighted by molar-refractivity contribution is 7.09. The lowest BCUT2D eigenvalue weighted by Crippen LogP contribution is -2.30. The quantitative estimate of drug-likeness (QED) is 0.897. The molecule has 0 saturated carbocycles. The zero-order chi connectivity index (χ0) is 13.8. The van der Waals surface area contributed by atoms with Crippen molar-refractivity contribution in [3.8, 4) is 0 Å². The molecular weight excluding hydrogens is 252 g/mol. The van der Waals surface area contributed by atoms with Crippen molar-refractivity contribution in [2.45, 2.75) is 32.4 Å². The predicted molar refractivity (Wildman–Crippen MR) is 84.9 cm³/mol. The molecule has 3 heteroatoms. The van der Waals surface area contributed by atoms with Crippen molar-refractivity contribution in [3.05, 3.63) is 52.2 Å². The summed E-state index contributed by atoms with van der Waals surface area (Å²) in [6.07, 6.45) is 1.09. The Kier molecular flexibility index (Phi) is 4.61. The molecule has 1 unspecified atom stereocenters. The molecule has 2 N–H and O–H groups in total. The monoisotopic (exact) mass is 274 g/mol. The third-order valence-electron chi connectivity index (χ3n) is 3.56. The van der Waals surface area contributed by atoms with Crippen LogP contribution in [0.1, 0.15) is 30.3 Å². The fourth-order valence-corrected chi connectivity index (χ4v) is 2.95. The van der Waals surface area contributed by atoms with Gasteiger partial charge in [-0.15, -0.1) is 11.3 Å². The van der Waals surface area contributed by atoms with Gasteiger partial charge >= 0.3 is 0 Å².